The lowest BCUT2D eigenvalue weighted by Crippen LogP contribution is -2.66. The van der Waals surface area contributed by atoms with Crippen LogP contribution in [0, 0.1) is 0 Å². The summed E-state index contributed by atoms with van der Waals surface area (Å²) in [6.07, 6.45) is 8.07. The van der Waals surface area contributed by atoms with Crippen molar-refractivity contribution in [1.82, 2.24) is 5.32 Å². The molecule has 3 fully saturated rings. The molecule has 1 amide bonds. The van der Waals surface area contributed by atoms with Crippen LogP contribution in [-0.2, 0) is 33.2 Å². The lowest BCUT2D eigenvalue weighted by atomic mass is 9.96. The number of ether oxygens (including phenoxy) is 6. The highest BCUT2D eigenvalue weighted by molar-refractivity contribution is 5.76. The second kappa shape index (κ2) is 39.2. The number of hydrogen-bond donors (Lipinski definition) is 12. The number of aliphatic hydroxyl groups excluding tert-OH is 11. The summed E-state index contributed by atoms with van der Waals surface area (Å²) >= 11 is 0. The second-order valence-corrected chi connectivity index (χ2v) is 21.1. The molecule has 19 nitrogen and oxygen atoms in total. The zero-order chi connectivity index (χ0) is 53.4. The third kappa shape index (κ3) is 24.1. The van der Waals surface area contributed by atoms with Crippen molar-refractivity contribution in [1.29, 1.82) is 0 Å². The number of rotatable bonds is 42. The number of amides is 1. The molecule has 432 valence electrons. The van der Waals surface area contributed by atoms with Crippen molar-refractivity contribution in [2.75, 3.05) is 26.4 Å². The predicted octanol–water partition coefficient (Wildman–Crippen LogP) is 4.04. The molecule has 0 aromatic heterocycles. The van der Waals surface area contributed by atoms with Crippen LogP contribution in [0.1, 0.15) is 206 Å². The zero-order valence-electron chi connectivity index (χ0n) is 44.6. The normalized spacial score (nSPS) is 31.7. The molecule has 73 heavy (non-hydrogen) atoms. The first-order valence-electron chi connectivity index (χ1n) is 28.8. The summed E-state index contributed by atoms with van der Waals surface area (Å²) in [5, 5.41) is 120. The van der Waals surface area contributed by atoms with Gasteiger partial charge in [0.05, 0.1) is 38.6 Å². The van der Waals surface area contributed by atoms with Gasteiger partial charge in [0.15, 0.2) is 18.9 Å². The second-order valence-electron chi connectivity index (χ2n) is 21.1. The quantitative estimate of drug-likeness (QED) is 0.0384. The van der Waals surface area contributed by atoms with Crippen molar-refractivity contribution in [3.05, 3.63) is 0 Å². The average Bonchev–Trinajstić information content (AvgIpc) is 3.39. The topological polar surface area (TPSA) is 307 Å². The van der Waals surface area contributed by atoms with Gasteiger partial charge in [-0.3, -0.25) is 4.79 Å². The van der Waals surface area contributed by atoms with E-state index in [1.165, 1.54) is 116 Å². The summed E-state index contributed by atoms with van der Waals surface area (Å²) in [5.41, 5.74) is 0. The molecule has 3 aliphatic heterocycles. The van der Waals surface area contributed by atoms with Crippen LogP contribution < -0.4 is 5.32 Å². The van der Waals surface area contributed by atoms with Crippen LogP contribution in [0.4, 0.5) is 0 Å². The Morgan fingerprint density at radius 1 is 0.438 bits per heavy atom. The molecule has 17 unspecified atom stereocenters. The molecule has 0 aliphatic carbocycles. The number of carbonyl (C=O) groups excluding carboxylic acids is 1. The lowest BCUT2D eigenvalue weighted by Gasteiger charge is -2.48. The van der Waals surface area contributed by atoms with Gasteiger partial charge in [-0.25, -0.2) is 0 Å². The number of unbranched alkanes of at least 4 members (excludes halogenated alkanes) is 26. The third-order valence-corrected chi connectivity index (χ3v) is 14.9. The van der Waals surface area contributed by atoms with E-state index < -0.39 is 124 Å². The Bertz CT molecular complexity index is 1350. The van der Waals surface area contributed by atoms with Crippen molar-refractivity contribution >= 4 is 5.91 Å². The molecule has 0 aromatic rings. The molecule has 3 aliphatic rings. The SMILES string of the molecule is CCCCCCCCCCCCCCCCCCCCCCCC(O)C(COC1OC(CO)C(OC2OC(CO)C(OC3OC(CO)C(O)C(O)C3O)C(O)C2O)C(O)C1O)NC(=O)CCCCCCCCC. The van der Waals surface area contributed by atoms with E-state index in [9.17, 15) is 61.0 Å². The minimum Gasteiger partial charge on any atom is -0.394 e. The van der Waals surface area contributed by atoms with E-state index in [-0.39, 0.29) is 18.9 Å². The zero-order valence-corrected chi connectivity index (χ0v) is 44.6. The summed E-state index contributed by atoms with van der Waals surface area (Å²) in [5.74, 6) is -0.248. The van der Waals surface area contributed by atoms with Crippen LogP contribution in [0.2, 0.25) is 0 Å². The molecule has 0 aromatic carbocycles. The maximum absolute atomic E-state index is 13.2. The van der Waals surface area contributed by atoms with Gasteiger partial charge in [0.1, 0.15) is 73.2 Å². The van der Waals surface area contributed by atoms with Crippen molar-refractivity contribution < 1.29 is 89.4 Å². The molecule has 0 saturated carbocycles. The highest BCUT2D eigenvalue weighted by Crippen LogP contribution is 2.33. The van der Waals surface area contributed by atoms with Crippen LogP contribution in [0.25, 0.3) is 0 Å². The fourth-order valence-corrected chi connectivity index (χ4v) is 10.1. The maximum atomic E-state index is 13.2. The van der Waals surface area contributed by atoms with Crippen LogP contribution >= 0.6 is 0 Å². The highest BCUT2D eigenvalue weighted by Gasteiger charge is 2.53. The van der Waals surface area contributed by atoms with Gasteiger partial charge in [0, 0.05) is 6.42 Å². The molecular weight excluding hydrogens is 951 g/mol. The summed E-state index contributed by atoms with van der Waals surface area (Å²) < 4.78 is 34.2. The smallest absolute Gasteiger partial charge is 0.220 e. The van der Waals surface area contributed by atoms with Gasteiger partial charge in [-0.15, -0.1) is 0 Å². The van der Waals surface area contributed by atoms with Gasteiger partial charge in [0.25, 0.3) is 0 Å². The fourth-order valence-electron chi connectivity index (χ4n) is 10.1. The molecule has 0 bridgehead atoms. The van der Waals surface area contributed by atoms with Gasteiger partial charge in [0.2, 0.25) is 5.91 Å². The Labute approximate surface area is 436 Å². The third-order valence-electron chi connectivity index (χ3n) is 14.9. The molecule has 17 atom stereocenters. The highest BCUT2D eigenvalue weighted by atomic mass is 16.8. The van der Waals surface area contributed by atoms with Gasteiger partial charge >= 0.3 is 0 Å². The van der Waals surface area contributed by atoms with E-state index >= 15 is 0 Å². The Hall–Kier alpha value is -1.21. The molecule has 3 heterocycles. The van der Waals surface area contributed by atoms with E-state index in [0.29, 0.717) is 12.8 Å². The molecule has 3 saturated heterocycles. The van der Waals surface area contributed by atoms with Crippen molar-refractivity contribution in [3.63, 3.8) is 0 Å². The summed E-state index contributed by atoms with van der Waals surface area (Å²) in [6, 6.07) is -0.877. The van der Waals surface area contributed by atoms with Crippen molar-refractivity contribution in [2.24, 2.45) is 0 Å². The van der Waals surface area contributed by atoms with Crippen LogP contribution in [-0.4, -0.2) is 193 Å². The molecule has 12 N–H and O–H groups in total. The number of nitrogens with one attached hydrogen (secondary N) is 1. The van der Waals surface area contributed by atoms with Crippen LogP contribution in [0.5, 0.6) is 0 Å². The largest absolute Gasteiger partial charge is 0.394 e. The summed E-state index contributed by atoms with van der Waals surface area (Å²) in [7, 11) is 0. The summed E-state index contributed by atoms with van der Waals surface area (Å²) in [6.45, 7) is 1.74. The molecule has 0 radical (unpaired) electrons. The van der Waals surface area contributed by atoms with Gasteiger partial charge in [-0.1, -0.05) is 187 Å². The Kier molecular flexibility index (Phi) is 35.5. The van der Waals surface area contributed by atoms with Crippen LogP contribution in [0.15, 0.2) is 0 Å². The maximum Gasteiger partial charge on any atom is 0.220 e. The van der Waals surface area contributed by atoms with E-state index in [1.807, 2.05) is 0 Å². The Balaban J connectivity index is 1.45. The Morgan fingerprint density at radius 3 is 1.19 bits per heavy atom. The van der Waals surface area contributed by atoms with Crippen molar-refractivity contribution in [2.45, 2.75) is 311 Å². The number of aliphatic hydroxyl groups is 11. The molecular formula is C54H103NO18. The number of hydrogen-bond acceptors (Lipinski definition) is 18. The lowest BCUT2D eigenvalue weighted by molar-refractivity contribution is -0.379. The van der Waals surface area contributed by atoms with E-state index in [1.54, 1.807) is 0 Å². The first-order chi connectivity index (χ1) is 35.3. The molecule has 0 spiro atoms. The summed E-state index contributed by atoms with van der Waals surface area (Å²) in [4.78, 5) is 13.2. The van der Waals surface area contributed by atoms with Crippen LogP contribution in [0.3, 0.4) is 0 Å². The Morgan fingerprint density at radius 2 is 0.781 bits per heavy atom. The van der Waals surface area contributed by atoms with E-state index in [2.05, 4.69) is 19.2 Å². The van der Waals surface area contributed by atoms with E-state index in [4.69, 9.17) is 28.4 Å². The van der Waals surface area contributed by atoms with E-state index in [0.717, 1.165) is 57.8 Å². The minimum atomic E-state index is -1.97. The monoisotopic (exact) mass is 1050 g/mol. The number of carbonyl (C=O) groups is 1. The standard InChI is InChI=1S/C54H103NO18/c1-3-5-7-9-11-12-13-14-15-16-17-18-19-20-21-22-23-24-26-27-29-31-38(59)37(55-42(60)32-30-28-25-10-8-6-4-2)36-68-52-48(66)45(63)50(40(34-57)70-52)73-54-49(67)46(64)51(41(35-58)71-54)72-53-47(65)44(62)43(61)39(33-56)69-53/h37-41,43-54,56-59,61-67H,3-36H2,1-2H3,(H,55,60). The minimum absolute atomic E-state index is 0.248. The van der Waals surface area contributed by atoms with Gasteiger partial charge in [-0.2, -0.15) is 0 Å². The van der Waals surface area contributed by atoms with Gasteiger partial charge < -0.3 is 89.9 Å². The molecule has 3 rings (SSSR count). The first kappa shape index (κ1) is 66.1. The fraction of sp³-hybridized carbons (Fsp3) is 0.981. The average molecular weight is 1050 g/mol. The van der Waals surface area contributed by atoms with Crippen molar-refractivity contribution in [3.8, 4) is 0 Å². The van der Waals surface area contributed by atoms with Gasteiger partial charge in [-0.05, 0) is 12.8 Å². The first-order valence-corrected chi connectivity index (χ1v) is 28.8. The predicted molar refractivity (Wildman–Crippen MR) is 273 cm³/mol. The molecule has 19 heteroatoms.